The van der Waals surface area contributed by atoms with Gasteiger partial charge >= 0.3 is 0 Å². The number of β-amino-alcohol motifs (C(OH)–C–C–N with tert-alkyl or cyclic N) is 1. The summed E-state index contributed by atoms with van der Waals surface area (Å²) in [5, 5.41) is 10.7. The van der Waals surface area contributed by atoms with Crippen LogP contribution in [0.4, 0.5) is 10.1 Å². The van der Waals surface area contributed by atoms with E-state index in [4.69, 9.17) is 0 Å². The lowest BCUT2D eigenvalue weighted by Crippen LogP contribution is -2.23. The molecule has 1 N–H and O–H groups in total. The number of hydrogen-bond acceptors (Lipinski definition) is 4. The lowest BCUT2D eigenvalue weighted by atomic mass is 10.0. The lowest BCUT2D eigenvalue weighted by molar-refractivity contribution is 0.138. The first-order chi connectivity index (χ1) is 17.0. The lowest BCUT2D eigenvalue weighted by Gasteiger charge is -2.21. The summed E-state index contributed by atoms with van der Waals surface area (Å²) in [7, 11) is 4.15. The summed E-state index contributed by atoms with van der Waals surface area (Å²) in [5.41, 5.74) is 6.53. The molecular formula is C28H30FN5O. The van der Waals surface area contributed by atoms with Crippen LogP contribution in [0.5, 0.6) is 0 Å². The molecule has 180 valence electrons. The maximum atomic E-state index is 13.5. The van der Waals surface area contributed by atoms with Crippen molar-refractivity contribution < 1.29 is 9.50 Å². The van der Waals surface area contributed by atoms with Crippen LogP contribution in [-0.2, 0) is 6.54 Å². The highest BCUT2D eigenvalue weighted by Crippen LogP contribution is 2.36. The number of aromatic nitrogens is 3. The number of imidazole rings is 1. The third kappa shape index (κ3) is 4.05. The van der Waals surface area contributed by atoms with Crippen molar-refractivity contribution >= 4 is 5.69 Å². The molecule has 2 atom stereocenters. The van der Waals surface area contributed by atoms with Crippen molar-refractivity contribution in [2.24, 2.45) is 5.92 Å². The van der Waals surface area contributed by atoms with E-state index in [0.29, 0.717) is 13.1 Å². The third-order valence-electron chi connectivity index (χ3n) is 7.33. The van der Waals surface area contributed by atoms with Crippen molar-refractivity contribution in [1.29, 1.82) is 0 Å². The first kappa shape index (κ1) is 22.1. The highest BCUT2D eigenvalue weighted by molar-refractivity contribution is 5.72. The molecule has 0 spiro atoms. The van der Waals surface area contributed by atoms with Gasteiger partial charge in [0, 0.05) is 55.4 Å². The second kappa shape index (κ2) is 8.66. The average Bonchev–Trinajstić information content (AvgIpc) is 3.55. The molecule has 6 nitrogen and oxygen atoms in total. The van der Waals surface area contributed by atoms with Crippen molar-refractivity contribution in [3.8, 4) is 28.3 Å². The Bertz CT molecular complexity index is 1360. The number of benzene rings is 2. The molecule has 7 heteroatoms. The van der Waals surface area contributed by atoms with E-state index in [2.05, 4.69) is 68.5 Å². The quantitative estimate of drug-likeness (QED) is 0.416. The van der Waals surface area contributed by atoms with Crippen LogP contribution in [0.3, 0.4) is 0 Å². The minimum absolute atomic E-state index is 0.234. The van der Waals surface area contributed by atoms with Crippen LogP contribution in [0.2, 0.25) is 0 Å². The Hall–Kier alpha value is -3.42. The van der Waals surface area contributed by atoms with Gasteiger partial charge in [0.05, 0.1) is 17.5 Å². The van der Waals surface area contributed by atoms with E-state index in [-0.39, 0.29) is 17.8 Å². The Morgan fingerprint density at radius 1 is 1.06 bits per heavy atom. The van der Waals surface area contributed by atoms with Gasteiger partial charge in [-0.1, -0.05) is 12.1 Å². The number of rotatable bonds is 5. The maximum absolute atomic E-state index is 13.5. The topological polar surface area (TPSA) is 49.5 Å². The van der Waals surface area contributed by atoms with Gasteiger partial charge in [-0.15, -0.1) is 0 Å². The van der Waals surface area contributed by atoms with E-state index >= 15 is 0 Å². The fraction of sp³-hybridized carbons (Fsp3) is 0.321. The Kier molecular flexibility index (Phi) is 5.46. The van der Waals surface area contributed by atoms with Gasteiger partial charge in [0.15, 0.2) is 5.82 Å². The maximum Gasteiger partial charge on any atom is 0.161 e. The minimum Gasteiger partial charge on any atom is -0.391 e. The molecule has 4 aromatic rings. The van der Waals surface area contributed by atoms with E-state index in [1.54, 1.807) is 0 Å². The van der Waals surface area contributed by atoms with Crippen molar-refractivity contribution in [2.45, 2.75) is 19.1 Å². The zero-order chi connectivity index (χ0) is 24.1. The zero-order valence-corrected chi connectivity index (χ0v) is 20.1. The molecule has 0 saturated carbocycles. The Morgan fingerprint density at radius 2 is 1.89 bits per heavy atom. The number of hydrogen-bond donors (Lipinski definition) is 1. The number of fused-ring (bicyclic) bond motifs is 5. The molecule has 6 rings (SSSR count). The molecule has 0 radical (unpaired) electrons. The first-order valence-electron chi connectivity index (χ1n) is 12.2. The average molecular weight is 472 g/mol. The van der Waals surface area contributed by atoms with Crippen molar-refractivity contribution in [3.05, 3.63) is 78.5 Å². The van der Waals surface area contributed by atoms with Gasteiger partial charge in [0.2, 0.25) is 0 Å². The highest BCUT2D eigenvalue weighted by Gasteiger charge is 2.32. The Morgan fingerprint density at radius 3 is 2.69 bits per heavy atom. The number of aliphatic hydroxyl groups is 1. The van der Waals surface area contributed by atoms with Crippen LogP contribution < -0.4 is 4.90 Å². The van der Waals surface area contributed by atoms with E-state index in [0.717, 1.165) is 53.5 Å². The van der Waals surface area contributed by atoms with E-state index < -0.39 is 0 Å². The summed E-state index contributed by atoms with van der Waals surface area (Å²) in [4.78, 5) is 9.15. The van der Waals surface area contributed by atoms with E-state index in [1.165, 1.54) is 17.7 Å². The molecule has 2 aliphatic heterocycles. The zero-order valence-electron chi connectivity index (χ0n) is 20.1. The molecule has 0 aliphatic carbocycles. The summed E-state index contributed by atoms with van der Waals surface area (Å²) in [6.45, 7) is 3.23. The minimum atomic E-state index is -0.302. The number of halogens is 1. The van der Waals surface area contributed by atoms with Gasteiger partial charge in [-0.25, -0.2) is 9.37 Å². The molecule has 0 bridgehead atoms. The van der Waals surface area contributed by atoms with E-state index in [1.807, 2.05) is 24.5 Å². The SMILES string of the molecule is CN(C)CC[C@H]1CN(c2ccc3c(c2)Cn2cc(-c4ccc(F)cc4)cc2-c2nccn2-3)C[C@@H]1O. The molecule has 1 fully saturated rings. The Labute approximate surface area is 204 Å². The number of nitrogens with zero attached hydrogens (tertiary/aromatic N) is 5. The second-order valence-electron chi connectivity index (χ2n) is 10.0. The molecule has 2 aromatic carbocycles. The summed E-state index contributed by atoms with van der Waals surface area (Å²) in [5.74, 6) is 0.943. The van der Waals surface area contributed by atoms with Gasteiger partial charge in [-0.3, -0.25) is 4.57 Å². The van der Waals surface area contributed by atoms with Gasteiger partial charge in [-0.2, -0.15) is 0 Å². The molecule has 1 saturated heterocycles. The third-order valence-corrected chi connectivity index (χ3v) is 7.33. The van der Waals surface area contributed by atoms with Gasteiger partial charge in [0.25, 0.3) is 0 Å². The number of aliphatic hydroxyl groups excluding tert-OH is 1. The smallest absolute Gasteiger partial charge is 0.161 e. The summed E-state index contributed by atoms with van der Waals surface area (Å²) in [6, 6.07) is 15.3. The van der Waals surface area contributed by atoms with Crippen LogP contribution in [0, 0.1) is 11.7 Å². The fourth-order valence-electron chi connectivity index (χ4n) is 5.40. The largest absolute Gasteiger partial charge is 0.391 e. The molecular weight excluding hydrogens is 441 g/mol. The molecule has 4 heterocycles. The van der Waals surface area contributed by atoms with E-state index in [9.17, 15) is 9.50 Å². The van der Waals surface area contributed by atoms with Crippen molar-refractivity contribution in [3.63, 3.8) is 0 Å². The highest BCUT2D eigenvalue weighted by atomic mass is 19.1. The first-order valence-corrected chi connectivity index (χ1v) is 12.2. The predicted octanol–water partition coefficient (Wildman–Crippen LogP) is 4.26. The molecule has 0 amide bonds. The number of anilines is 1. The van der Waals surface area contributed by atoms with Crippen LogP contribution in [0.25, 0.3) is 28.3 Å². The van der Waals surface area contributed by atoms with Gasteiger partial charge in [0.1, 0.15) is 5.82 Å². The van der Waals surface area contributed by atoms with Crippen molar-refractivity contribution in [2.75, 3.05) is 38.6 Å². The van der Waals surface area contributed by atoms with Crippen molar-refractivity contribution in [1.82, 2.24) is 19.0 Å². The molecule has 35 heavy (non-hydrogen) atoms. The summed E-state index contributed by atoms with van der Waals surface area (Å²) >= 11 is 0. The summed E-state index contributed by atoms with van der Waals surface area (Å²) in [6.07, 6.45) is 6.65. The second-order valence-corrected chi connectivity index (χ2v) is 10.0. The standard InChI is InChI=1S/C28H30FN5O/c1-31(2)11-9-20-15-32(18-27(20)35)24-7-8-25-22(13-24)17-33-16-21(19-3-5-23(29)6-4-19)14-26(33)28-30-10-12-34(25)28/h3-8,10,12-14,16,20,27,35H,9,11,15,17-18H2,1-2H3/t20-,27-/m0/s1. The summed E-state index contributed by atoms with van der Waals surface area (Å²) < 4.78 is 17.8. The van der Waals surface area contributed by atoms with Gasteiger partial charge < -0.3 is 19.5 Å². The Balaban J connectivity index is 1.34. The van der Waals surface area contributed by atoms with Crippen LogP contribution in [0.15, 0.2) is 67.1 Å². The van der Waals surface area contributed by atoms with Crippen LogP contribution >= 0.6 is 0 Å². The van der Waals surface area contributed by atoms with Gasteiger partial charge in [-0.05, 0) is 74.6 Å². The monoisotopic (exact) mass is 471 g/mol. The van der Waals surface area contributed by atoms with Crippen LogP contribution in [0.1, 0.15) is 12.0 Å². The predicted molar refractivity (Wildman–Crippen MR) is 136 cm³/mol. The molecule has 0 unspecified atom stereocenters. The molecule has 2 aliphatic rings. The fourth-order valence-corrected chi connectivity index (χ4v) is 5.40. The molecule has 2 aromatic heterocycles. The van der Waals surface area contributed by atoms with Crippen LogP contribution in [-0.4, -0.2) is 64.0 Å². The normalized spacial score (nSPS) is 18.9.